The van der Waals surface area contributed by atoms with Gasteiger partial charge in [0.05, 0.1) is 7.11 Å². The summed E-state index contributed by atoms with van der Waals surface area (Å²) < 4.78 is 7.17. The highest BCUT2D eigenvalue weighted by molar-refractivity contribution is 6.33. The van der Waals surface area contributed by atoms with Crippen molar-refractivity contribution in [3.8, 4) is 5.75 Å². The zero-order valence-corrected chi connectivity index (χ0v) is 10.0. The number of nitrogens with two attached hydrogens (primary N) is 1. The molecule has 0 saturated carbocycles. The van der Waals surface area contributed by atoms with Crippen LogP contribution < -0.4 is 10.5 Å². The molecule has 2 aromatic heterocycles. The van der Waals surface area contributed by atoms with E-state index in [0.29, 0.717) is 11.6 Å². The molecular formula is C11H14ClN3O. The number of halogens is 1. The fraction of sp³-hybridized carbons (Fsp3) is 0.364. The number of hydrogen-bond donors (Lipinski definition) is 1. The first-order valence-corrected chi connectivity index (χ1v) is 5.46. The Bertz CT molecular complexity index is 507. The van der Waals surface area contributed by atoms with Crippen molar-refractivity contribution in [1.29, 1.82) is 0 Å². The third kappa shape index (κ3) is 1.86. The number of methoxy groups -OCH3 is 1. The van der Waals surface area contributed by atoms with E-state index in [0.717, 1.165) is 17.1 Å². The molecule has 16 heavy (non-hydrogen) atoms. The summed E-state index contributed by atoms with van der Waals surface area (Å²) >= 11 is 6.09. The summed E-state index contributed by atoms with van der Waals surface area (Å²) in [5, 5.41) is 0.452. The molecule has 1 unspecified atom stereocenters. The van der Waals surface area contributed by atoms with Crippen molar-refractivity contribution < 1.29 is 4.74 Å². The van der Waals surface area contributed by atoms with Gasteiger partial charge in [0, 0.05) is 18.7 Å². The highest BCUT2D eigenvalue weighted by atomic mass is 35.5. The molecule has 0 amide bonds. The number of aromatic nitrogens is 2. The van der Waals surface area contributed by atoms with Crippen LogP contribution in [0.3, 0.4) is 0 Å². The maximum absolute atomic E-state index is 6.09. The van der Waals surface area contributed by atoms with Gasteiger partial charge in [-0.1, -0.05) is 11.6 Å². The molecule has 1 atom stereocenters. The minimum Gasteiger partial charge on any atom is -0.494 e. The number of rotatable bonds is 3. The molecule has 4 nitrogen and oxygen atoms in total. The van der Waals surface area contributed by atoms with Crippen LogP contribution >= 0.6 is 11.6 Å². The second-order valence-electron chi connectivity index (χ2n) is 3.80. The van der Waals surface area contributed by atoms with Gasteiger partial charge in [-0.2, -0.15) is 0 Å². The van der Waals surface area contributed by atoms with Gasteiger partial charge in [0.15, 0.2) is 5.15 Å². The van der Waals surface area contributed by atoms with E-state index in [1.54, 1.807) is 7.11 Å². The molecule has 2 rings (SSSR count). The topological polar surface area (TPSA) is 52.5 Å². The third-order valence-electron chi connectivity index (χ3n) is 2.38. The Morgan fingerprint density at radius 1 is 1.62 bits per heavy atom. The van der Waals surface area contributed by atoms with E-state index in [-0.39, 0.29) is 6.04 Å². The second-order valence-corrected chi connectivity index (χ2v) is 4.15. The van der Waals surface area contributed by atoms with Crippen LogP contribution in [0.1, 0.15) is 12.7 Å². The predicted molar refractivity (Wildman–Crippen MR) is 64.1 cm³/mol. The largest absolute Gasteiger partial charge is 0.494 e. The maximum atomic E-state index is 6.09. The zero-order valence-electron chi connectivity index (χ0n) is 9.27. The number of pyridine rings is 1. The summed E-state index contributed by atoms with van der Waals surface area (Å²) in [4.78, 5) is 4.31. The fourth-order valence-corrected chi connectivity index (χ4v) is 2.00. The van der Waals surface area contributed by atoms with E-state index in [1.165, 1.54) is 0 Å². The Morgan fingerprint density at radius 3 is 3.00 bits per heavy atom. The van der Waals surface area contributed by atoms with Gasteiger partial charge in [0.2, 0.25) is 0 Å². The summed E-state index contributed by atoms with van der Waals surface area (Å²) in [7, 11) is 1.61. The van der Waals surface area contributed by atoms with Crippen LogP contribution in [-0.4, -0.2) is 22.5 Å². The van der Waals surface area contributed by atoms with Gasteiger partial charge >= 0.3 is 0 Å². The Labute approximate surface area is 99.0 Å². The van der Waals surface area contributed by atoms with Gasteiger partial charge < -0.3 is 10.5 Å². The second kappa shape index (κ2) is 4.31. The van der Waals surface area contributed by atoms with E-state index < -0.39 is 0 Å². The lowest BCUT2D eigenvalue weighted by molar-refractivity contribution is 0.418. The molecule has 2 aromatic rings. The molecular weight excluding hydrogens is 226 g/mol. The van der Waals surface area contributed by atoms with Gasteiger partial charge in [-0.25, -0.2) is 4.98 Å². The molecule has 0 bridgehead atoms. The Kier molecular flexibility index (Phi) is 3.03. The highest BCUT2D eigenvalue weighted by Crippen LogP contribution is 2.27. The minimum atomic E-state index is 0.0490. The van der Waals surface area contributed by atoms with Gasteiger partial charge in [0.25, 0.3) is 0 Å². The number of nitrogens with zero attached hydrogens (tertiary/aromatic N) is 2. The number of fused-ring (bicyclic) bond motifs is 1. The van der Waals surface area contributed by atoms with E-state index in [4.69, 9.17) is 22.1 Å². The van der Waals surface area contributed by atoms with E-state index in [9.17, 15) is 0 Å². The molecule has 0 aliphatic rings. The van der Waals surface area contributed by atoms with Gasteiger partial charge in [-0.3, -0.25) is 4.40 Å². The molecule has 0 spiro atoms. The van der Waals surface area contributed by atoms with Crippen molar-refractivity contribution >= 4 is 17.1 Å². The summed E-state index contributed by atoms with van der Waals surface area (Å²) in [6.45, 7) is 1.94. The van der Waals surface area contributed by atoms with E-state index >= 15 is 0 Å². The Hall–Kier alpha value is -1.26. The standard InChI is InChI=1S/C11H14ClN3O/c1-7(13)6-9-14-11(12)10-8(16-2)4-3-5-15(9)10/h3-5,7H,6,13H2,1-2H3. The Morgan fingerprint density at radius 2 is 2.38 bits per heavy atom. The van der Waals surface area contributed by atoms with E-state index in [1.807, 2.05) is 29.7 Å². The van der Waals surface area contributed by atoms with Crippen LogP contribution in [0.25, 0.3) is 5.52 Å². The van der Waals surface area contributed by atoms with Crippen molar-refractivity contribution in [2.24, 2.45) is 5.73 Å². The van der Waals surface area contributed by atoms with Crippen LogP contribution in [0, 0.1) is 0 Å². The van der Waals surface area contributed by atoms with Crippen molar-refractivity contribution in [3.05, 3.63) is 29.3 Å². The van der Waals surface area contributed by atoms with E-state index in [2.05, 4.69) is 4.98 Å². The average Bonchev–Trinajstić information content (AvgIpc) is 2.55. The molecule has 0 aliphatic carbocycles. The number of imidazole rings is 1. The monoisotopic (exact) mass is 239 g/mol. The molecule has 0 aromatic carbocycles. The summed E-state index contributed by atoms with van der Waals surface area (Å²) in [5.74, 6) is 1.57. The molecule has 0 saturated heterocycles. The molecule has 0 radical (unpaired) electrons. The fourth-order valence-electron chi connectivity index (χ4n) is 1.72. The number of ether oxygens (including phenoxy) is 1. The van der Waals surface area contributed by atoms with Gasteiger partial charge in [0.1, 0.15) is 17.1 Å². The normalized spacial score (nSPS) is 13.0. The molecule has 2 N–H and O–H groups in total. The van der Waals surface area contributed by atoms with Crippen LogP contribution in [0.5, 0.6) is 5.75 Å². The maximum Gasteiger partial charge on any atom is 0.158 e. The van der Waals surface area contributed by atoms with Gasteiger partial charge in [-0.05, 0) is 19.1 Å². The molecule has 0 aliphatic heterocycles. The minimum absolute atomic E-state index is 0.0490. The zero-order chi connectivity index (χ0) is 11.7. The summed E-state index contributed by atoms with van der Waals surface area (Å²) in [5.41, 5.74) is 6.56. The average molecular weight is 240 g/mol. The predicted octanol–water partition coefficient (Wildman–Crippen LogP) is 1.89. The van der Waals surface area contributed by atoms with Crippen molar-refractivity contribution in [2.45, 2.75) is 19.4 Å². The van der Waals surface area contributed by atoms with Crippen molar-refractivity contribution in [1.82, 2.24) is 9.38 Å². The van der Waals surface area contributed by atoms with Crippen molar-refractivity contribution in [3.63, 3.8) is 0 Å². The first-order valence-electron chi connectivity index (χ1n) is 5.08. The van der Waals surface area contributed by atoms with Crippen LogP contribution in [0.4, 0.5) is 0 Å². The van der Waals surface area contributed by atoms with Gasteiger partial charge in [-0.15, -0.1) is 0 Å². The first kappa shape index (κ1) is 11.2. The lowest BCUT2D eigenvalue weighted by Crippen LogP contribution is -2.19. The molecule has 0 fully saturated rings. The van der Waals surface area contributed by atoms with Crippen LogP contribution in [-0.2, 0) is 6.42 Å². The van der Waals surface area contributed by atoms with Crippen molar-refractivity contribution in [2.75, 3.05) is 7.11 Å². The van der Waals surface area contributed by atoms with Crippen LogP contribution in [0.15, 0.2) is 18.3 Å². The molecule has 5 heteroatoms. The third-order valence-corrected chi connectivity index (χ3v) is 2.65. The SMILES string of the molecule is COc1cccn2c(CC(C)N)nc(Cl)c12. The Balaban J connectivity index is 2.62. The lowest BCUT2D eigenvalue weighted by atomic mass is 10.2. The smallest absolute Gasteiger partial charge is 0.158 e. The lowest BCUT2D eigenvalue weighted by Gasteiger charge is -2.06. The first-order chi connectivity index (χ1) is 7.63. The molecule has 2 heterocycles. The summed E-state index contributed by atoms with van der Waals surface area (Å²) in [6, 6.07) is 3.81. The number of hydrogen-bond acceptors (Lipinski definition) is 3. The van der Waals surface area contributed by atoms with Crippen LogP contribution in [0.2, 0.25) is 5.15 Å². The molecule has 86 valence electrons. The summed E-state index contributed by atoms with van der Waals surface area (Å²) in [6.07, 6.45) is 2.59. The highest BCUT2D eigenvalue weighted by Gasteiger charge is 2.14. The quantitative estimate of drug-likeness (QED) is 0.890.